The highest BCUT2D eigenvalue weighted by atomic mass is 35.5. The Bertz CT molecular complexity index is 1870. The van der Waals surface area contributed by atoms with Gasteiger partial charge in [0, 0.05) is 45.0 Å². The fraction of sp³-hybridized carbons (Fsp3) is 0.212. The SMILES string of the molecule is CCOC(=O)C1=C(C)NC(=O)N[C@H]1c1ccc(OCC(=O)N/N=C\c2cn(Cc3ccc(Cl)cc3Cl)c3ccccc23)c(OC)c1. The lowest BCUT2D eigenvalue weighted by molar-refractivity contribution is -0.139. The Morgan fingerprint density at radius 3 is 2.65 bits per heavy atom. The maximum Gasteiger partial charge on any atom is 0.338 e. The number of carbonyl (C=O) groups excluding carboxylic acids is 3. The highest BCUT2D eigenvalue weighted by molar-refractivity contribution is 6.35. The molecule has 3 N–H and O–H groups in total. The van der Waals surface area contributed by atoms with E-state index in [-0.39, 0.29) is 24.5 Å². The zero-order valence-electron chi connectivity index (χ0n) is 25.2. The molecule has 0 aliphatic carbocycles. The number of hydrogen-bond acceptors (Lipinski definition) is 7. The number of amides is 3. The van der Waals surface area contributed by atoms with Gasteiger partial charge in [-0.3, -0.25) is 4.79 Å². The minimum Gasteiger partial charge on any atom is -0.493 e. The molecule has 5 rings (SSSR count). The standard InChI is InChI=1S/C33H31Cl2N5O6/c1-4-45-32(42)30-19(2)37-33(43)38-31(30)20-10-12-27(28(13-20)44-3)46-18-29(41)39-36-15-22-17-40(26-8-6-5-7-24(22)26)16-21-9-11-23(34)14-25(21)35/h5-15,17,31H,4,16,18H2,1-3H3,(H,39,41)(H2,37,38,43)/b36-15-/t31-/m0/s1. The van der Waals surface area contributed by atoms with Crippen LogP contribution in [0.4, 0.5) is 4.79 Å². The van der Waals surface area contributed by atoms with E-state index in [1.807, 2.05) is 36.5 Å². The minimum atomic E-state index is -0.775. The molecule has 0 unspecified atom stereocenters. The van der Waals surface area contributed by atoms with Crippen molar-refractivity contribution in [2.75, 3.05) is 20.3 Å². The second-order valence-electron chi connectivity index (χ2n) is 10.2. The van der Waals surface area contributed by atoms with E-state index in [0.29, 0.717) is 33.6 Å². The summed E-state index contributed by atoms with van der Waals surface area (Å²) in [5.41, 5.74) is 6.40. The first-order valence-corrected chi connectivity index (χ1v) is 15.0. The number of esters is 1. The van der Waals surface area contributed by atoms with Crippen molar-refractivity contribution in [1.29, 1.82) is 0 Å². The van der Waals surface area contributed by atoms with Crippen molar-refractivity contribution in [3.8, 4) is 11.5 Å². The van der Waals surface area contributed by atoms with Gasteiger partial charge >= 0.3 is 12.0 Å². The number of carbonyl (C=O) groups is 3. The number of aromatic nitrogens is 1. The fourth-order valence-electron chi connectivity index (χ4n) is 5.10. The maximum absolute atomic E-state index is 12.6. The lowest BCUT2D eigenvalue weighted by atomic mass is 9.95. The van der Waals surface area contributed by atoms with E-state index < -0.39 is 23.9 Å². The van der Waals surface area contributed by atoms with Crippen molar-refractivity contribution in [1.82, 2.24) is 20.6 Å². The fourth-order valence-corrected chi connectivity index (χ4v) is 5.57. The average Bonchev–Trinajstić information content (AvgIpc) is 3.38. The molecule has 1 aliphatic rings. The van der Waals surface area contributed by atoms with Gasteiger partial charge in [0.1, 0.15) is 0 Å². The van der Waals surface area contributed by atoms with Crippen molar-refractivity contribution < 1.29 is 28.6 Å². The van der Waals surface area contributed by atoms with E-state index in [0.717, 1.165) is 22.0 Å². The highest BCUT2D eigenvalue weighted by Crippen LogP contribution is 2.34. The van der Waals surface area contributed by atoms with Crippen LogP contribution in [0, 0.1) is 0 Å². The molecule has 13 heteroatoms. The molecule has 1 atom stereocenters. The molecule has 0 fully saturated rings. The van der Waals surface area contributed by atoms with Crippen LogP contribution in [-0.2, 0) is 20.9 Å². The molecular weight excluding hydrogens is 633 g/mol. The molecular formula is C33H31Cl2N5O6. The number of rotatable bonds is 11. The Labute approximate surface area is 275 Å². The third-order valence-electron chi connectivity index (χ3n) is 7.21. The van der Waals surface area contributed by atoms with E-state index in [9.17, 15) is 14.4 Å². The van der Waals surface area contributed by atoms with Gasteiger partial charge in [0.15, 0.2) is 18.1 Å². The van der Waals surface area contributed by atoms with Gasteiger partial charge in [-0.1, -0.05) is 53.5 Å². The van der Waals surface area contributed by atoms with Crippen LogP contribution in [0.1, 0.15) is 36.6 Å². The third kappa shape index (κ3) is 7.27. The number of para-hydroxylation sites is 1. The van der Waals surface area contributed by atoms with Gasteiger partial charge in [-0.25, -0.2) is 15.0 Å². The van der Waals surface area contributed by atoms with E-state index in [2.05, 4.69) is 25.7 Å². The van der Waals surface area contributed by atoms with Crippen molar-refractivity contribution in [3.63, 3.8) is 0 Å². The van der Waals surface area contributed by atoms with Crippen LogP contribution < -0.4 is 25.5 Å². The van der Waals surface area contributed by atoms with Gasteiger partial charge < -0.3 is 29.4 Å². The van der Waals surface area contributed by atoms with Crippen molar-refractivity contribution in [3.05, 3.63) is 105 Å². The number of benzene rings is 3. The van der Waals surface area contributed by atoms with E-state index in [1.165, 1.54) is 7.11 Å². The molecule has 1 aromatic heterocycles. The molecule has 46 heavy (non-hydrogen) atoms. The lowest BCUT2D eigenvalue weighted by Crippen LogP contribution is -2.45. The molecule has 0 bridgehead atoms. The summed E-state index contributed by atoms with van der Waals surface area (Å²) in [6.45, 7) is 3.69. The number of nitrogens with one attached hydrogen (secondary N) is 3. The number of allylic oxidation sites excluding steroid dienone is 1. The van der Waals surface area contributed by atoms with Gasteiger partial charge in [0.25, 0.3) is 5.91 Å². The Morgan fingerprint density at radius 2 is 1.89 bits per heavy atom. The maximum atomic E-state index is 12.6. The number of hydrazone groups is 1. The molecule has 3 aromatic carbocycles. The summed E-state index contributed by atoms with van der Waals surface area (Å²) in [5, 5.41) is 11.6. The zero-order chi connectivity index (χ0) is 32.8. The molecule has 4 aromatic rings. The van der Waals surface area contributed by atoms with Crippen LogP contribution in [0.15, 0.2) is 83.2 Å². The Balaban J connectivity index is 1.25. The molecule has 3 amide bonds. The summed E-state index contributed by atoms with van der Waals surface area (Å²) in [5.74, 6) is -0.457. The minimum absolute atomic E-state index is 0.182. The molecule has 11 nitrogen and oxygen atoms in total. The summed E-state index contributed by atoms with van der Waals surface area (Å²) in [7, 11) is 1.45. The number of ether oxygens (including phenoxy) is 3. The first-order chi connectivity index (χ1) is 22.2. The predicted octanol–water partition coefficient (Wildman–Crippen LogP) is 5.73. The van der Waals surface area contributed by atoms with Crippen LogP contribution in [0.25, 0.3) is 10.9 Å². The number of nitrogens with zero attached hydrogens (tertiary/aromatic N) is 2. The molecule has 0 saturated carbocycles. The van der Waals surface area contributed by atoms with Crippen molar-refractivity contribution >= 4 is 58.2 Å². The largest absolute Gasteiger partial charge is 0.493 e. The van der Waals surface area contributed by atoms with Crippen LogP contribution in [0.3, 0.4) is 0 Å². The molecule has 0 spiro atoms. The summed E-state index contributed by atoms with van der Waals surface area (Å²) < 4.78 is 18.4. The zero-order valence-corrected chi connectivity index (χ0v) is 26.7. The van der Waals surface area contributed by atoms with E-state index in [4.69, 9.17) is 37.4 Å². The first-order valence-electron chi connectivity index (χ1n) is 14.3. The van der Waals surface area contributed by atoms with Crippen LogP contribution in [0.2, 0.25) is 10.0 Å². The summed E-state index contributed by atoms with van der Waals surface area (Å²) in [6.07, 6.45) is 3.50. The molecule has 1 aliphatic heterocycles. The van der Waals surface area contributed by atoms with Crippen LogP contribution in [-0.4, -0.2) is 49.0 Å². The summed E-state index contributed by atoms with van der Waals surface area (Å²) in [6, 6.07) is 16.9. The second-order valence-corrected chi connectivity index (χ2v) is 11.1. The van der Waals surface area contributed by atoms with E-state index in [1.54, 1.807) is 50.4 Å². The first kappa shape index (κ1) is 32.4. The highest BCUT2D eigenvalue weighted by Gasteiger charge is 2.32. The average molecular weight is 665 g/mol. The summed E-state index contributed by atoms with van der Waals surface area (Å²) in [4.78, 5) is 37.4. The smallest absolute Gasteiger partial charge is 0.338 e. The van der Waals surface area contributed by atoms with Gasteiger partial charge in [-0.2, -0.15) is 5.10 Å². The normalized spacial score (nSPS) is 14.6. The number of fused-ring (bicyclic) bond motifs is 1. The van der Waals surface area contributed by atoms with Crippen molar-refractivity contribution in [2.45, 2.75) is 26.4 Å². The van der Waals surface area contributed by atoms with Crippen molar-refractivity contribution in [2.24, 2.45) is 5.10 Å². The molecule has 2 heterocycles. The van der Waals surface area contributed by atoms with Gasteiger partial charge in [0.05, 0.1) is 31.5 Å². The third-order valence-corrected chi connectivity index (χ3v) is 7.80. The second kappa shape index (κ2) is 14.4. The number of urea groups is 1. The number of halogens is 2. The van der Waals surface area contributed by atoms with E-state index >= 15 is 0 Å². The Hall–Kier alpha value is -5.00. The number of hydrogen-bond donors (Lipinski definition) is 3. The molecule has 0 radical (unpaired) electrons. The van der Waals surface area contributed by atoms with Gasteiger partial charge in [-0.15, -0.1) is 0 Å². The lowest BCUT2D eigenvalue weighted by Gasteiger charge is -2.28. The van der Waals surface area contributed by atoms with Gasteiger partial charge in [0.2, 0.25) is 0 Å². The monoisotopic (exact) mass is 663 g/mol. The van der Waals surface area contributed by atoms with Gasteiger partial charge in [-0.05, 0) is 55.3 Å². The Morgan fingerprint density at radius 1 is 1.09 bits per heavy atom. The Kier molecular flexibility index (Phi) is 10.1. The predicted molar refractivity (Wildman–Crippen MR) is 175 cm³/mol. The van der Waals surface area contributed by atoms with Crippen LogP contribution >= 0.6 is 23.2 Å². The number of methoxy groups -OCH3 is 1. The van der Waals surface area contributed by atoms with Crippen LogP contribution in [0.5, 0.6) is 11.5 Å². The molecule has 238 valence electrons. The summed E-state index contributed by atoms with van der Waals surface area (Å²) >= 11 is 12.5. The quantitative estimate of drug-likeness (QED) is 0.107. The topological polar surface area (TPSA) is 132 Å². The molecule has 0 saturated heterocycles.